The van der Waals surface area contributed by atoms with Crippen LogP contribution in [0, 0.1) is 17.1 Å². The van der Waals surface area contributed by atoms with Gasteiger partial charge in [-0.25, -0.2) is 4.39 Å². The van der Waals surface area contributed by atoms with Gasteiger partial charge in [0.15, 0.2) is 0 Å². The number of benzene rings is 1. The summed E-state index contributed by atoms with van der Waals surface area (Å²) < 4.78 is 13.6. The van der Waals surface area contributed by atoms with Gasteiger partial charge in [0.2, 0.25) is 0 Å². The molecule has 17 heavy (non-hydrogen) atoms. The van der Waals surface area contributed by atoms with Gasteiger partial charge in [-0.3, -0.25) is 0 Å². The van der Waals surface area contributed by atoms with Crippen LogP contribution in [0.5, 0.6) is 0 Å². The van der Waals surface area contributed by atoms with E-state index in [1.54, 1.807) is 12.1 Å². The summed E-state index contributed by atoms with van der Waals surface area (Å²) in [6, 6.07) is 7.14. The Morgan fingerprint density at radius 2 is 2.06 bits per heavy atom. The van der Waals surface area contributed by atoms with E-state index in [1.807, 2.05) is 6.07 Å². The van der Waals surface area contributed by atoms with E-state index in [0.717, 1.165) is 0 Å². The van der Waals surface area contributed by atoms with Gasteiger partial charge >= 0.3 is 0 Å². The molecule has 2 rings (SSSR count). The third-order valence-electron chi connectivity index (χ3n) is 3.37. The van der Waals surface area contributed by atoms with Crippen molar-refractivity contribution in [2.75, 3.05) is 0 Å². The van der Waals surface area contributed by atoms with Crippen LogP contribution in [-0.4, -0.2) is 6.04 Å². The molecule has 1 saturated carbocycles. The first kappa shape index (κ1) is 12.1. The summed E-state index contributed by atoms with van der Waals surface area (Å²) in [5.74, 6) is -0.285. The van der Waals surface area contributed by atoms with Crippen LogP contribution >= 0.6 is 0 Å². The summed E-state index contributed by atoms with van der Waals surface area (Å²) in [4.78, 5) is 0. The van der Waals surface area contributed by atoms with Gasteiger partial charge in [0.05, 0.1) is 11.6 Å². The number of halogens is 1. The van der Waals surface area contributed by atoms with Crippen LogP contribution in [0.2, 0.25) is 0 Å². The van der Waals surface area contributed by atoms with Crippen molar-refractivity contribution in [3.8, 4) is 6.07 Å². The monoisotopic (exact) mass is 232 g/mol. The molecular formula is C14H17FN2. The molecule has 0 saturated heterocycles. The maximum absolute atomic E-state index is 13.6. The van der Waals surface area contributed by atoms with E-state index in [4.69, 9.17) is 5.26 Å². The van der Waals surface area contributed by atoms with Crippen LogP contribution in [0.3, 0.4) is 0 Å². The van der Waals surface area contributed by atoms with Crippen molar-refractivity contribution in [3.63, 3.8) is 0 Å². The first-order valence-electron chi connectivity index (χ1n) is 6.21. The predicted molar refractivity (Wildman–Crippen MR) is 64.8 cm³/mol. The van der Waals surface area contributed by atoms with E-state index in [9.17, 15) is 4.39 Å². The molecule has 0 aliphatic heterocycles. The van der Waals surface area contributed by atoms with Crippen LogP contribution in [0.1, 0.15) is 43.2 Å². The Kier molecular flexibility index (Phi) is 4.11. The molecule has 0 radical (unpaired) electrons. The third kappa shape index (κ3) is 3.28. The van der Waals surface area contributed by atoms with E-state index < -0.39 is 0 Å². The van der Waals surface area contributed by atoms with E-state index in [-0.39, 0.29) is 5.82 Å². The second kappa shape index (κ2) is 5.79. The molecular weight excluding hydrogens is 215 g/mol. The summed E-state index contributed by atoms with van der Waals surface area (Å²) in [6.07, 6.45) is 6.25. The quantitative estimate of drug-likeness (QED) is 0.869. The topological polar surface area (TPSA) is 35.8 Å². The molecule has 1 aliphatic rings. The zero-order chi connectivity index (χ0) is 12.1. The highest BCUT2D eigenvalue weighted by molar-refractivity contribution is 5.32. The van der Waals surface area contributed by atoms with Crippen LogP contribution < -0.4 is 5.32 Å². The van der Waals surface area contributed by atoms with Gasteiger partial charge in [-0.15, -0.1) is 0 Å². The van der Waals surface area contributed by atoms with Gasteiger partial charge in [0, 0.05) is 18.2 Å². The van der Waals surface area contributed by atoms with Crippen molar-refractivity contribution in [2.45, 2.75) is 44.7 Å². The molecule has 0 unspecified atom stereocenters. The molecule has 1 N–H and O–H groups in total. The summed E-state index contributed by atoms with van der Waals surface area (Å²) in [5, 5.41) is 12.0. The van der Waals surface area contributed by atoms with Crippen molar-refractivity contribution in [1.29, 1.82) is 5.26 Å². The highest BCUT2D eigenvalue weighted by Crippen LogP contribution is 2.18. The molecule has 0 amide bonds. The Hall–Kier alpha value is -1.40. The Labute approximate surface area is 101 Å². The Morgan fingerprint density at radius 1 is 1.29 bits per heavy atom. The van der Waals surface area contributed by atoms with Gasteiger partial charge in [-0.05, 0) is 25.0 Å². The van der Waals surface area contributed by atoms with Crippen LogP contribution in [0.25, 0.3) is 0 Å². The highest BCUT2D eigenvalue weighted by Gasteiger charge is 2.13. The molecule has 0 spiro atoms. The molecule has 90 valence electrons. The van der Waals surface area contributed by atoms with Crippen molar-refractivity contribution in [2.24, 2.45) is 0 Å². The van der Waals surface area contributed by atoms with Gasteiger partial charge in [-0.2, -0.15) is 5.26 Å². The Morgan fingerprint density at radius 3 is 2.71 bits per heavy atom. The summed E-state index contributed by atoms with van der Waals surface area (Å²) in [5.41, 5.74) is 1.03. The second-order valence-electron chi connectivity index (χ2n) is 4.63. The molecule has 0 aromatic heterocycles. The van der Waals surface area contributed by atoms with Crippen molar-refractivity contribution >= 4 is 0 Å². The fourth-order valence-corrected chi connectivity index (χ4v) is 2.32. The predicted octanol–water partition coefficient (Wildman–Crippen LogP) is 3.12. The number of hydrogen-bond acceptors (Lipinski definition) is 2. The normalized spacial score (nSPS) is 16.7. The van der Waals surface area contributed by atoms with Crippen molar-refractivity contribution < 1.29 is 4.39 Å². The second-order valence-corrected chi connectivity index (χ2v) is 4.63. The minimum absolute atomic E-state index is 0.285. The van der Waals surface area contributed by atoms with Crippen LogP contribution in [0.4, 0.5) is 4.39 Å². The average Bonchev–Trinajstić information content (AvgIpc) is 2.38. The van der Waals surface area contributed by atoms with E-state index in [0.29, 0.717) is 23.7 Å². The molecule has 2 nitrogen and oxygen atoms in total. The number of nitrogens with one attached hydrogen (secondary N) is 1. The van der Waals surface area contributed by atoms with Gasteiger partial charge in [0.1, 0.15) is 5.82 Å². The maximum Gasteiger partial charge on any atom is 0.129 e. The number of nitrogens with zero attached hydrogens (tertiary/aromatic N) is 1. The lowest BCUT2D eigenvalue weighted by molar-refractivity contribution is 0.370. The molecule has 0 bridgehead atoms. The smallest absolute Gasteiger partial charge is 0.129 e. The summed E-state index contributed by atoms with van der Waals surface area (Å²) in [7, 11) is 0. The van der Waals surface area contributed by atoms with Crippen LogP contribution in [-0.2, 0) is 6.54 Å². The largest absolute Gasteiger partial charge is 0.310 e. The lowest BCUT2D eigenvalue weighted by Crippen LogP contribution is -2.30. The van der Waals surface area contributed by atoms with Gasteiger partial charge < -0.3 is 5.32 Å². The Bertz CT molecular complexity index is 417. The van der Waals surface area contributed by atoms with Crippen molar-refractivity contribution in [3.05, 3.63) is 35.1 Å². The van der Waals surface area contributed by atoms with E-state index in [1.165, 1.54) is 38.2 Å². The summed E-state index contributed by atoms with van der Waals surface area (Å²) >= 11 is 0. The zero-order valence-electron chi connectivity index (χ0n) is 9.88. The molecule has 1 aromatic rings. The first-order chi connectivity index (χ1) is 8.29. The SMILES string of the molecule is N#Cc1ccc(CNC2CCCCC2)c(F)c1. The average molecular weight is 232 g/mol. The minimum atomic E-state index is -0.285. The number of nitriles is 1. The molecule has 0 atom stereocenters. The van der Waals surface area contributed by atoms with Crippen molar-refractivity contribution in [1.82, 2.24) is 5.32 Å². The maximum atomic E-state index is 13.6. The third-order valence-corrected chi connectivity index (χ3v) is 3.37. The molecule has 0 heterocycles. The number of hydrogen-bond donors (Lipinski definition) is 1. The highest BCUT2D eigenvalue weighted by atomic mass is 19.1. The summed E-state index contributed by atoms with van der Waals surface area (Å²) in [6.45, 7) is 0.558. The van der Waals surface area contributed by atoms with Crippen LogP contribution in [0.15, 0.2) is 18.2 Å². The lowest BCUT2D eigenvalue weighted by Gasteiger charge is -2.22. The molecule has 1 aromatic carbocycles. The van der Waals surface area contributed by atoms with Gasteiger partial charge in [-0.1, -0.05) is 25.3 Å². The molecule has 1 aliphatic carbocycles. The van der Waals surface area contributed by atoms with E-state index >= 15 is 0 Å². The minimum Gasteiger partial charge on any atom is -0.310 e. The molecule has 3 heteroatoms. The van der Waals surface area contributed by atoms with E-state index in [2.05, 4.69) is 5.32 Å². The fourth-order valence-electron chi connectivity index (χ4n) is 2.32. The standard InChI is InChI=1S/C14H17FN2/c15-14-8-11(9-16)6-7-12(14)10-17-13-4-2-1-3-5-13/h6-8,13,17H,1-5,10H2. The lowest BCUT2D eigenvalue weighted by atomic mass is 9.95. The first-order valence-corrected chi connectivity index (χ1v) is 6.21. The van der Waals surface area contributed by atoms with Gasteiger partial charge in [0.25, 0.3) is 0 Å². The number of rotatable bonds is 3. The Balaban J connectivity index is 1.92. The zero-order valence-corrected chi connectivity index (χ0v) is 9.88. The fraction of sp³-hybridized carbons (Fsp3) is 0.500. The molecule has 1 fully saturated rings.